The monoisotopic (exact) mass is 410 g/mol. The zero-order chi connectivity index (χ0) is 22.4. The van der Waals surface area contributed by atoms with Gasteiger partial charge in [0.1, 0.15) is 6.79 Å². The van der Waals surface area contributed by atoms with Crippen LogP contribution in [0.5, 0.6) is 0 Å². The van der Waals surface area contributed by atoms with Crippen molar-refractivity contribution >= 4 is 18.4 Å². The standard InChI is InChI=1S/C22H28N4O2.CH2O/c1-3-15-26(4-2)16-19-9-7-17(8-10-19)5-6-18-11-13-20(14-12-18)24-21(23)22(27)25-28;1-2/h7-14,21,24,28H,3-4,15-16,23H2,1-2H3,(H,25,27);1H2. The van der Waals surface area contributed by atoms with Gasteiger partial charge in [-0.05, 0) is 61.5 Å². The largest absolute Gasteiger partial charge is 0.362 e. The Hall–Kier alpha value is -3.18. The van der Waals surface area contributed by atoms with Gasteiger partial charge in [-0.1, -0.05) is 37.8 Å². The Labute approximate surface area is 178 Å². The molecule has 7 nitrogen and oxygen atoms in total. The van der Waals surface area contributed by atoms with Crippen LogP contribution in [0.2, 0.25) is 0 Å². The second-order valence-electron chi connectivity index (χ2n) is 6.49. The Bertz CT molecular complexity index is 826. The minimum atomic E-state index is -1.03. The number of benzene rings is 2. The summed E-state index contributed by atoms with van der Waals surface area (Å²) in [6.07, 6.45) is 0.133. The van der Waals surface area contributed by atoms with E-state index in [1.165, 1.54) is 11.0 Å². The van der Waals surface area contributed by atoms with E-state index in [9.17, 15) is 4.79 Å². The molecule has 2 rings (SSSR count). The van der Waals surface area contributed by atoms with E-state index in [4.69, 9.17) is 15.7 Å². The number of hydroxylamine groups is 1. The first-order valence-corrected chi connectivity index (χ1v) is 9.74. The van der Waals surface area contributed by atoms with Crippen LogP contribution in [0.3, 0.4) is 0 Å². The van der Waals surface area contributed by atoms with E-state index in [1.807, 2.05) is 31.1 Å². The van der Waals surface area contributed by atoms with Gasteiger partial charge in [0.05, 0.1) is 0 Å². The summed E-state index contributed by atoms with van der Waals surface area (Å²) in [5.74, 6) is 5.59. The lowest BCUT2D eigenvalue weighted by Crippen LogP contribution is -2.44. The van der Waals surface area contributed by atoms with Crippen LogP contribution in [0.15, 0.2) is 48.5 Å². The third-order valence-electron chi connectivity index (χ3n) is 4.30. The average Bonchev–Trinajstić information content (AvgIpc) is 2.79. The van der Waals surface area contributed by atoms with E-state index < -0.39 is 12.1 Å². The number of carbonyl (C=O) groups is 2. The number of carbonyl (C=O) groups excluding carboxylic acids is 2. The van der Waals surface area contributed by atoms with Gasteiger partial charge in [0, 0.05) is 23.4 Å². The minimum absolute atomic E-state index is 0.665. The maximum absolute atomic E-state index is 11.2. The summed E-state index contributed by atoms with van der Waals surface area (Å²) in [7, 11) is 0. The first kappa shape index (κ1) is 24.9. The molecule has 0 radical (unpaired) electrons. The highest BCUT2D eigenvalue weighted by atomic mass is 16.5. The van der Waals surface area contributed by atoms with E-state index in [0.29, 0.717) is 5.69 Å². The van der Waals surface area contributed by atoms with Crippen LogP contribution in [0.1, 0.15) is 37.0 Å². The number of hydrogen-bond donors (Lipinski definition) is 4. The van der Waals surface area contributed by atoms with Crippen molar-refractivity contribution in [3.63, 3.8) is 0 Å². The van der Waals surface area contributed by atoms with Crippen LogP contribution in [-0.4, -0.2) is 42.1 Å². The quantitative estimate of drug-likeness (QED) is 0.230. The van der Waals surface area contributed by atoms with E-state index in [-0.39, 0.29) is 0 Å². The van der Waals surface area contributed by atoms with Crippen LogP contribution in [0.4, 0.5) is 5.69 Å². The van der Waals surface area contributed by atoms with Crippen LogP contribution in [-0.2, 0) is 16.1 Å². The van der Waals surface area contributed by atoms with Crippen molar-refractivity contribution < 1.29 is 14.8 Å². The fourth-order valence-electron chi connectivity index (χ4n) is 2.73. The molecule has 160 valence electrons. The lowest BCUT2D eigenvalue weighted by atomic mass is 10.1. The number of nitrogens with zero attached hydrogens (tertiary/aromatic N) is 1. The summed E-state index contributed by atoms with van der Waals surface area (Å²) in [4.78, 5) is 21.6. The van der Waals surface area contributed by atoms with Crippen molar-refractivity contribution in [2.24, 2.45) is 5.73 Å². The molecule has 7 heteroatoms. The SMILES string of the molecule is C=O.CCCN(CC)Cc1ccc(C#Cc2ccc(NC(N)C(=O)NO)cc2)cc1. The first-order chi connectivity index (χ1) is 14.5. The lowest BCUT2D eigenvalue weighted by Gasteiger charge is -2.19. The zero-order valence-corrected chi connectivity index (χ0v) is 17.5. The van der Waals surface area contributed by atoms with Gasteiger partial charge in [-0.3, -0.25) is 14.9 Å². The van der Waals surface area contributed by atoms with Crippen LogP contribution >= 0.6 is 0 Å². The highest BCUT2D eigenvalue weighted by Gasteiger charge is 2.11. The predicted octanol–water partition coefficient (Wildman–Crippen LogP) is 2.34. The van der Waals surface area contributed by atoms with Gasteiger partial charge in [0.15, 0.2) is 6.17 Å². The fraction of sp³-hybridized carbons (Fsp3) is 0.304. The second-order valence-corrected chi connectivity index (χ2v) is 6.49. The molecule has 2 aromatic rings. The Balaban J connectivity index is 0.00000218. The van der Waals surface area contributed by atoms with E-state index in [1.54, 1.807) is 12.1 Å². The molecule has 1 atom stereocenters. The van der Waals surface area contributed by atoms with Crippen molar-refractivity contribution in [1.82, 2.24) is 10.4 Å². The van der Waals surface area contributed by atoms with Gasteiger partial charge in [-0.2, -0.15) is 0 Å². The Morgan fingerprint density at radius 3 is 2.07 bits per heavy atom. The molecular weight excluding hydrogens is 380 g/mol. The lowest BCUT2D eigenvalue weighted by molar-refractivity contribution is -0.129. The number of anilines is 1. The minimum Gasteiger partial charge on any atom is -0.362 e. The molecule has 0 saturated heterocycles. The van der Waals surface area contributed by atoms with E-state index in [2.05, 4.69) is 48.0 Å². The van der Waals surface area contributed by atoms with Gasteiger partial charge in [0.2, 0.25) is 0 Å². The molecule has 0 spiro atoms. The van der Waals surface area contributed by atoms with Crippen molar-refractivity contribution in [3.05, 3.63) is 65.2 Å². The Morgan fingerprint density at radius 1 is 1.07 bits per heavy atom. The average molecular weight is 411 g/mol. The van der Waals surface area contributed by atoms with Gasteiger partial charge >= 0.3 is 0 Å². The van der Waals surface area contributed by atoms with Gasteiger partial charge in [-0.15, -0.1) is 0 Å². The van der Waals surface area contributed by atoms with Gasteiger partial charge in [-0.25, -0.2) is 5.48 Å². The Morgan fingerprint density at radius 2 is 1.60 bits per heavy atom. The summed E-state index contributed by atoms with van der Waals surface area (Å²) >= 11 is 0. The second kappa shape index (κ2) is 13.9. The molecule has 0 aliphatic rings. The summed E-state index contributed by atoms with van der Waals surface area (Å²) in [5.41, 5.74) is 10.9. The fourth-order valence-corrected chi connectivity index (χ4v) is 2.73. The summed E-state index contributed by atoms with van der Waals surface area (Å²) in [6.45, 7) is 9.51. The first-order valence-electron chi connectivity index (χ1n) is 9.74. The molecule has 1 unspecified atom stereocenters. The molecule has 1 amide bonds. The number of nitrogens with two attached hydrogens (primary N) is 1. The highest BCUT2D eigenvalue weighted by molar-refractivity contribution is 5.82. The number of hydrogen-bond acceptors (Lipinski definition) is 6. The smallest absolute Gasteiger partial charge is 0.280 e. The van der Waals surface area contributed by atoms with Gasteiger partial charge < -0.3 is 15.8 Å². The molecule has 5 N–H and O–H groups in total. The third-order valence-corrected chi connectivity index (χ3v) is 4.30. The molecule has 30 heavy (non-hydrogen) atoms. The van der Waals surface area contributed by atoms with E-state index in [0.717, 1.165) is 37.2 Å². The van der Waals surface area contributed by atoms with Crippen molar-refractivity contribution in [1.29, 1.82) is 0 Å². The third kappa shape index (κ3) is 8.45. The predicted molar refractivity (Wildman–Crippen MR) is 119 cm³/mol. The van der Waals surface area contributed by atoms with Crippen molar-refractivity contribution in [2.45, 2.75) is 33.0 Å². The number of rotatable bonds is 8. The molecule has 0 bridgehead atoms. The summed E-state index contributed by atoms with van der Waals surface area (Å²) in [6, 6.07) is 15.6. The molecule has 0 aliphatic carbocycles. The summed E-state index contributed by atoms with van der Waals surface area (Å²) in [5, 5.41) is 11.3. The molecule has 0 fully saturated rings. The molecular formula is C23H30N4O3. The van der Waals surface area contributed by atoms with Crippen molar-refractivity contribution in [3.8, 4) is 11.8 Å². The zero-order valence-electron chi connectivity index (χ0n) is 17.5. The van der Waals surface area contributed by atoms with Crippen molar-refractivity contribution in [2.75, 3.05) is 18.4 Å². The number of nitrogens with one attached hydrogen (secondary N) is 2. The highest BCUT2D eigenvalue weighted by Crippen LogP contribution is 2.10. The van der Waals surface area contributed by atoms with E-state index >= 15 is 0 Å². The molecule has 0 heterocycles. The van der Waals surface area contributed by atoms with Gasteiger partial charge in [0.25, 0.3) is 5.91 Å². The van der Waals surface area contributed by atoms with Crippen LogP contribution < -0.4 is 16.5 Å². The maximum atomic E-state index is 11.2. The Kier molecular flexibility index (Phi) is 11.5. The normalized spacial score (nSPS) is 10.8. The topological polar surface area (TPSA) is 108 Å². The molecule has 0 aromatic heterocycles. The molecule has 0 aliphatic heterocycles. The van der Waals surface area contributed by atoms with Crippen LogP contribution in [0, 0.1) is 11.8 Å². The molecule has 2 aromatic carbocycles. The molecule has 0 saturated carbocycles. The summed E-state index contributed by atoms with van der Waals surface area (Å²) < 4.78 is 0. The number of amides is 1. The maximum Gasteiger partial charge on any atom is 0.280 e. The van der Waals surface area contributed by atoms with Crippen LogP contribution in [0.25, 0.3) is 0 Å².